The second kappa shape index (κ2) is 7.51. The molecular weight excluding hydrogens is 302 g/mol. The van der Waals surface area contributed by atoms with Gasteiger partial charge in [-0.2, -0.15) is 0 Å². The Kier molecular flexibility index (Phi) is 5.17. The van der Waals surface area contributed by atoms with Crippen molar-refractivity contribution in [2.24, 2.45) is 12.0 Å². The molecule has 2 N–H and O–H groups in total. The van der Waals surface area contributed by atoms with E-state index in [1.54, 1.807) is 0 Å². The Labute approximate surface area is 143 Å². The molecule has 0 amide bonds. The summed E-state index contributed by atoms with van der Waals surface area (Å²) in [6.45, 7) is 3.28. The van der Waals surface area contributed by atoms with Crippen LogP contribution >= 0.6 is 0 Å². The lowest BCUT2D eigenvalue weighted by Gasteiger charge is -2.25. The van der Waals surface area contributed by atoms with Crippen LogP contribution in [0.15, 0.2) is 23.3 Å². The Morgan fingerprint density at radius 1 is 1.42 bits per heavy atom. The van der Waals surface area contributed by atoms with E-state index in [9.17, 15) is 0 Å². The number of aryl methyl sites for hydroxylation is 1. The van der Waals surface area contributed by atoms with Crippen LogP contribution in [-0.2, 0) is 20.1 Å². The molecule has 0 saturated heterocycles. The fourth-order valence-electron chi connectivity index (χ4n) is 3.06. The lowest BCUT2D eigenvalue weighted by molar-refractivity contribution is 0.451. The summed E-state index contributed by atoms with van der Waals surface area (Å²) >= 11 is 0. The highest BCUT2D eigenvalue weighted by Crippen LogP contribution is 2.18. The highest BCUT2D eigenvalue weighted by molar-refractivity contribution is 5.80. The number of nitrogens with zero attached hydrogens (tertiary/aromatic N) is 5. The van der Waals surface area contributed by atoms with E-state index in [0.29, 0.717) is 12.6 Å². The first-order valence-electron chi connectivity index (χ1n) is 8.62. The maximum Gasteiger partial charge on any atom is 0.194 e. The number of aliphatic imine (C=N–C) groups is 1. The average molecular weight is 329 g/mol. The van der Waals surface area contributed by atoms with Gasteiger partial charge in [0.25, 0.3) is 0 Å². The van der Waals surface area contributed by atoms with E-state index in [-0.39, 0.29) is 0 Å². The maximum absolute atomic E-state index is 4.81. The van der Waals surface area contributed by atoms with Crippen LogP contribution < -0.4 is 5.32 Å². The summed E-state index contributed by atoms with van der Waals surface area (Å²) in [5.74, 6) is 2.72. The van der Waals surface area contributed by atoms with Gasteiger partial charge >= 0.3 is 0 Å². The van der Waals surface area contributed by atoms with Gasteiger partial charge in [-0.1, -0.05) is 12.8 Å². The van der Waals surface area contributed by atoms with Crippen molar-refractivity contribution in [2.75, 3.05) is 7.05 Å². The molecule has 3 rings (SSSR count). The average Bonchev–Trinajstić information content (AvgIpc) is 3.30. The summed E-state index contributed by atoms with van der Waals surface area (Å²) in [4.78, 5) is 10.2. The standard InChI is InChI=1S/C17H27N7/c1-13-21-22-16(24(13)3)11-19-17(20-14-7-4-5-8-14)23(2)12-15-9-6-10-18-15/h6,9-10,14,18H,4-5,7-8,11-12H2,1-3H3,(H,19,20). The number of rotatable bonds is 5. The number of H-pyrrole nitrogens is 1. The molecule has 0 aliphatic heterocycles. The van der Waals surface area contributed by atoms with Crippen LogP contribution in [0.25, 0.3) is 0 Å². The van der Waals surface area contributed by atoms with E-state index >= 15 is 0 Å². The van der Waals surface area contributed by atoms with Crippen LogP contribution in [-0.4, -0.2) is 43.7 Å². The predicted octanol–water partition coefficient (Wildman–Crippen LogP) is 1.97. The van der Waals surface area contributed by atoms with Gasteiger partial charge in [0.05, 0.1) is 6.54 Å². The predicted molar refractivity (Wildman–Crippen MR) is 94.5 cm³/mol. The lowest BCUT2D eigenvalue weighted by Crippen LogP contribution is -2.43. The number of aromatic nitrogens is 4. The van der Waals surface area contributed by atoms with Gasteiger partial charge in [-0.25, -0.2) is 4.99 Å². The highest BCUT2D eigenvalue weighted by atomic mass is 15.3. The zero-order chi connectivity index (χ0) is 16.9. The van der Waals surface area contributed by atoms with E-state index < -0.39 is 0 Å². The first-order valence-corrected chi connectivity index (χ1v) is 8.62. The van der Waals surface area contributed by atoms with Crippen molar-refractivity contribution in [3.63, 3.8) is 0 Å². The van der Waals surface area contributed by atoms with E-state index in [4.69, 9.17) is 4.99 Å². The summed E-state index contributed by atoms with van der Waals surface area (Å²) < 4.78 is 1.99. The summed E-state index contributed by atoms with van der Waals surface area (Å²) in [6.07, 6.45) is 6.99. The second-order valence-electron chi connectivity index (χ2n) is 6.54. The number of nitrogens with one attached hydrogen (secondary N) is 2. The van der Waals surface area contributed by atoms with Gasteiger partial charge in [-0.3, -0.25) is 0 Å². The van der Waals surface area contributed by atoms with E-state index in [0.717, 1.165) is 24.2 Å². The minimum atomic E-state index is 0.524. The number of guanidine groups is 1. The Bertz CT molecular complexity index is 665. The second-order valence-corrected chi connectivity index (χ2v) is 6.54. The van der Waals surface area contributed by atoms with Gasteiger partial charge in [0.15, 0.2) is 11.8 Å². The van der Waals surface area contributed by atoms with Crippen LogP contribution in [0.2, 0.25) is 0 Å². The Hall–Kier alpha value is -2.31. The number of hydrogen-bond acceptors (Lipinski definition) is 3. The van der Waals surface area contributed by atoms with Crippen LogP contribution in [0.5, 0.6) is 0 Å². The molecule has 0 bridgehead atoms. The molecule has 2 heterocycles. The van der Waals surface area contributed by atoms with Crippen LogP contribution in [0, 0.1) is 6.92 Å². The van der Waals surface area contributed by atoms with Crippen LogP contribution in [0.1, 0.15) is 43.0 Å². The molecule has 2 aromatic rings. The smallest absolute Gasteiger partial charge is 0.194 e. The summed E-state index contributed by atoms with van der Waals surface area (Å²) in [5.41, 5.74) is 1.17. The molecule has 24 heavy (non-hydrogen) atoms. The molecule has 0 atom stereocenters. The quantitative estimate of drug-likeness (QED) is 0.650. The van der Waals surface area contributed by atoms with Gasteiger partial charge in [0.2, 0.25) is 0 Å². The zero-order valence-electron chi connectivity index (χ0n) is 14.8. The third-order valence-electron chi connectivity index (χ3n) is 4.67. The van der Waals surface area contributed by atoms with E-state index in [2.05, 4.69) is 38.5 Å². The largest absolute Gasteiger partial charge is 0.364 e. The van der Waals surface area contributed by atoms with Crippen molar-refractivity contribution < 1.29 is 0 Å². The minimum absolute atomic E-state index is 0.524. The van der Waals surface area contributed by atoms with Crippen molar-refractivity contribution >= 4 is 5.96 Å². The molecule has 1 fully saturated rings. The Morgan fingerprint density at radius 2 is 2.21 bits per heavy atom. The molecular formula is C17H27N7. The Balaban J connectivity index is 1.72. The maximum atomic E-state index is 4.81. The van der Waals surface area contributed by atoms with Crippen molar-refractivity contribution in [1.82, 2.24) is 30.0 Å². The molecule has 0 unspecified atom stereocenters. The van der Waals surface area contributed by atoms with Crippen molar-refractivity contribution in [2.45, 2.75) is 51.7 Å². The first-order chi connectivity index (χ1) is 11.6. The monoisotopic (exact) mass is 329 g/mol. The fourth-order valence-corrected chi connectivity index (χ4v) is 3.06. The Morgan fingerprint density at radius 3 is 2.83 bits per heavy atom. The van der Waals surface area contributed by atoms with Gasteiger partial charge < -0.3 is 19.8 Å². The van der Waals surface area contributed by atoms with E-state index in [1.165, 1.54) is 31.4 Å². The molecule has 1 aliphatic rings. The topological polar surface area (TPSA) is 74.1 Å². The minimum Gasteiger partial charge on any atom is -0.364 e. The molecule has 0 radical (unpaired) electrons. The number of hydrogen-bond donors (Lipinski definition) is 2. The van der Waals surface area contributed by atoms with Crippen LogP contribution in [0.4, 0.5) is 0 Å². The van der Waals surface area contributed by atoms with Gasteiger partial charge in [-0.05, 0) is 31.9 Å². The van der Waals surface area contributed by atoms with Crippen molar-refractivity contribution in [3.05, 3.63) is 35.7 Å². The normalized spacial score (nSPS) is 15.9. The third-order valence-corrected chi connectivity index (χ3v) is 4.67. The molecule has 1 aliphatic carbocycles. The number of aromatic amines is 1. The summed E-state index contributed by atoms with van der Waals surface area (Å²) in [7, 11) is 4.05. The van der Waals surface area contributed by atoms with Crippen molar-refractivity contribution in [1.29, 1.82) is 0 Å². The summed E-state index contributed by atoms with van der Waals surface area (Å²) in [5, 5.41) is 11.9. The molecule has 130 valence electrons. The lowest BCUT2D eigenvalue weighted by atomic mass is 10.2. The van der Waals surface area contributed by atoms with Crippen molar-refractivity contribution in [3.8, 4) is 0 Å². The van der Waals surface area contributed by atoms with Crippen LogP contribution in [0.3, 0.4) is 0 Å². The summed E-state index contributed by atoms with van der Waals surface area (Å²) in [6, 6.07) is 4.64. The van der Waals surface area contributed by atoms with Gasteiger partial charge in [0, 0.05) is 32.0 Å². The highest BCUT2D eigenvalue weighted by Gasteiger charge is 2.18. The molecule has 0 aromatic carbocycles. The molecule has 7 nitrogen and oxygen atoms in total. The third kappa shape index (κ3) is 3.96. The van der Waals surface area contributed by atoms with E-state index in [1.807, 2.05) is 30.8 Å². The molecule has 0 spiro atoms. The van der Waals surface area contributed by atoms with Gasteiger partial charge in [-0.15, -0.1) is 10.2 Å². The molecule has 1 saturated carbocycles. The fraction of sp³-hybridized carbons (Fsp3) is 0.588. The molecule has 2 aromatic heterocycles. The molecule has 7 heteroatoms. The SMILES string of the molecule is Cc1nnc(CN=C(NC2CCCC2)N(C)Cc2ccc[nH]2)n1C. The zero-order valence-corrected chi connectivity index (χ0v) is 14.8. The van der Waals surface area contributed by atoms with Gasteiger partial charge in [0.1, 0.15) is 12.4 Å². The first kappa shape index (κ1) is 16.5.